The number of hydrogen-bond donors (Lipinski definition) is 2. The van der Waals surface area contributed by atoms with Gasteiger partial charge in [0, 0.05) is 25.2 Å². The van der Waals surface area contributed by atoms with E-state index < -0.39 is 6.61 Å². The number of fused-ring (bicyclic) bond motifs is 1. The molecule has 2 N–H and O–H groups in total. The molecule has 0 unspecified atom stereocenters. The van der Waals surface area contributed by atoms with Crippen molar-refractivity contribution in [1.29, 1.82) is 0 Å². The number of aliphatic imine (C=N–C) groups is 1. The van der Waals surface area contributed by atoms with Gasteiger partial charge in [-0.05, 0) is 31.5 Å². The molecule has 0 saturated carbocycles. The zero-order valence-electron chi connectivity index (χ0n) is 16.7. The Morgan fingerprint density at radius 1 is 1.13 bits per heavy atom. The smallest absolute Gasteiger partial charge is 0.387 e. The van der Waals surface area contributed by atoms with Crippen LogP contribution in [-0.2, 0) is 13.1 Å². The van der Waals surface area contributed by atoms with Crippen LogP contribution in [0.4, 0.5) is 8.78 Å². The van der Waals surface area contributed by atoms with E-state index in [4.69, 9.17) is 0 Å². The van der Waals surface area contributed by atoms with Crippen LogP contribution in [0.5, 0.6) is 5.75 Å². The molecular formula is C21H26F2IN5O. The maximum atomic E-state index is 12.6. The van der Waals surface area contributed by atoms with Crippen molar-refractivity contribution in [2.24, 2.45) is 4.99 Å². The quantitative estimate of drug-likeness (QED) is 0.187. The number of nitrogens with zero attached hydrogens (tertiary/aromatic N) is 3. The second kappa shape index (κ2) is 12.3. The van der Waals surface area contributed by atoms with E-state index in [1.165, 1.54) is 6.07 Å². The lowest BCUT2D eigenvalue weighted by Crippen LogP contribution is -2.38. The molecular weight excluding hydrogens is 503 g/mol. The topological polar surface area (TPSA) is 63.5 Å². The largest absolute Gasteiger partial charge is 0.434 e. The molecule has 9 heteroatoms. The number of para-hydroxylation sites is 3. The molecule has 0 spiro atoms. The van der Waals surface area contributed by atoms with Crippen molar-refractivity contribution in [3.63, 3.8) is 0 Å². The van der Waals surface area contributed by atoms with Gasteiger partial charge in [-0.2, -0.15) is 8.78 Å². The van der Waals surface area contributed by atoms with Gasteiger partial charge in [0.05, 0.1) is 23.9 Å². The van der Waals surface area contributed by atoms with Crippen LogP contribution >= 0.6 is 24.0 Å². The Morgan fingerprint density at radius 2 is 1.90 bits per heavy atom. The number of aryl methyl sites for hydroxylation is 1. The van der Waals surface area contributed by atoms with Gasteiger partial charge in [0.1, 0.15) is 5.75 Å². The van der Waals surface area contributed by atoms with Crippen molar-refractivity contribution >= 4 is 41.0 Å². The fraction of sp³-hybridized carbons (Fsp3) is 0.333. The molecule has 0 amide bonds. The van der Waals surface area contributed by atoms with E-state index >= 15 is 0 Å². The van der Waals surface area contributed by atoms with E-state index in [9.17, 15) is 8.78 Å². The Balaban J connectivity index is 0.00000320. The van der Waals surface area contributed by atoms with Crippen molar-refractivity contribution in [1.82, 2.24) is 20.2 Å². The number of ether oxygens (including phenoxy) is 1. The summed E-state index contributed by atoms with van der Waals surface area (Å²) >= 11 is 0. The Morgan fingerprint density at radius 3 is 2.70 bits per heavy atom. The average Bonchev–Trinajstić information content (AvgIpc) is 3.13. The first-order chi connectivity index (χ1) is 14.2. The fourth-order valence-electron chi connectivity index (χ4n) is 3.00. The molecule has 0 fully saturated rings. The summed E-state index contributed by atoms with van der Waals surface area (Å²) in [6, 6.07) is 14.7. The first kappa shape index (κ1) is 23.8. The van der Waals surface area contributed by atoms with Crippen LogP contribution in [0, 0.1) is 0 Å². The first-order valence-corrected chi connectivity index (χ1v) is 9.62. The van der Waals surface area contributed by atoms with Gasteiger partial charge in [-0.1, -0.05) is 30.3 Å². The molecule has 0 bridgehead atoms. The lowest BCUT2D eigenvalue weighted by Gasteiger charge is -2.13. The number of rotatable bonds is 9. The van der Waals surface area contributed by atoms with E-state index in [1.807, 2.05) is 31.5 Å². The average molecular weight is 529 g/mol. The second-order valence-corrected chi connectivity index (χ2v) is 6.39. The molecule has 30 heavy (non-hydrogen) atoms. The molecule has 162 valence electrons. The molecule has 3 rings (SSSR count). The monoisotopic (exact) mass is 529 g/mol. The van der Waals surface area contributed by atoms with E-state index in [1.54, 1.807) is 18.2 Å². The zero-order valence-corrected chi connectivity index (χ0v) is 19.1. The highest BCUT2D eigenvalue weighted by atomic mass is 127. The number of guanidine groups is 1. The van der Waals surface area contributed by atoms with Crippen LogP contribution in [0.2, 0.25) is 0 Å². The molecule has 1 aromatic heterocycles. The third-order valence-electron chi connectivity index (χ3n) is 4.34. The lowest BCUT2D eigenvalue weighted by molar-refractivity contribution is -0.0504. The van der Waals surface area contributed by atoms with Crippen LogP contribution in [0.3, 0.4) is 0 Å². The summed E-state index contributed by atoms with van der Waals surface area (Å²) in [7, 11) is 0. The van der Waals surface area contributed by atoms with Crippen LogP contribution in [0.15, 0.2) is 59.9 Å². The summed E-state index contributed by atoms with van der Waals surface area (Å²) in [6.07, 6.45) is 2.74. The summed E-state index contributed by atoms with van der Waals surface area (Å²) in [4.78, 5) is 8.88. The maximum Gasteiger partial charge on any atom is 0.387 e. The Labute approximate surface area is 191 Å². The predicted octanol–water partition coefficient (Wildman–Crippen LogP) is 4.40. The zero-order chi connectivity index (χ0) is 20.5. The first-order valence-electron chi connectivity index (χ1n) is 9.62. The fourth-order valence-corrected chi connectivity index (χ4v) is 3.00. The van der Waals surface area contributed by atoms with E-state index in [0.717, 1.165) is 24.0 Å². The Kier molecular flexibility index (Phi) is 9.78. The van der Waals surface area contributed by atoms with Crippen LogP contribution in [0.25, 0.3) is 11.0 Å². The second-order valence-electron chi connectivity index (χ2n) is 6.39. The standard InChI is InChI=1S/C21H25F2N5O.HI/c1-2-24-21(26-14-16-8-3-6-11-19(16)29-20(22)23)25-12-7-13-28-15-27-17-9-4-5-10-18(17)28;/h3-6,8-11,15,20H,2,7,12-14H2,1H3,(H2,24,25,26);1H. The minimum atomic E-state index is -2.86. The molecule has 0 radical (unpaired) electrons. The maximum absolute atomic E-state index is 12.6. The van der Waals surface area contributed by atoms with Crippen LogP contribution in [0.1, 0.15) is 18.9 Å². The summed E-state index contributed by atoms with van der Waals surface area (Å²) in [5.74, 6) is 0.781. The molecule has 0 aliphatic carbocycles. The highest BCUT2D eigenvalue weighted by Crippen LogP contribution is 2.21. The molecule has 0 atom stereocenters. The predicted molar refractivity (Wildman–Crippen MR) is 126 cm³/mol. The van der Waals surface area contributed by atoms with Crippen molar-refractivity contribution in [3.05, 3.63) is 60.4 Å². The van der Waals surface area contributed by atoms with Gasteiger partial charge in [-0.3, -0.25) is 0 Å². The number of aromatic nitrogens is 2. The number of alkyl halides is 2. The molecule has 2 aromatic carbocycles. The van der Waals surface area contributed by atoms with Gasteiger partial charge >= 0.3 is 6.61 Å². The van der Waals surface area contributed by atoms with Crippen LogP contribution in [-0.4, -0.2) is 35.2 Å². The number of hydrogen-bond acceptors (Lipinski definition) is 3. The number of benzene rings is 2. The lowest BCUT2D eigenvalue weighted by atomic mass is 10.2. The van der Waals surface area contributed by atoms with Gasteiger partial charge in [0.25, 0.3) is 0 Å². The number of halogens is 3. The summed E-state index contributed by atoms with van der Waals surface area (Å²) in [5.41, 5.74) is 2.71. The third kappa shape index (κ3) is 6.82. The summed E-state index contributed by atoms with van der Waals surface area (Å²) in [5, 5.41) is 6.45. The van der Waals surface area contributed by atoms with Gasteiger partial charge in [0.15, 0.2) is 5.96 Å². The number of imidazole rings is 1. The van der Waals surface area contributed by atoms with Crippen molar-refractivity contribution < 1.29 is 13.5 Å². The van der Waals surface area contributed by atoms with E-state index in [-0.39, 0.29) is 36.3 Å². The van der Waals surface area contributed by atoms with Gasteiger partial charge < -0.3 is 19.9 Å². The molecule has 0 saturated heterocycles. The normalized spacial score (nSPS) is 11.4. The van der Waals surface area contributed by atoms with Crippen molar-refractivity contribution in [2.45, 2.75) is 33.0 Å². The molecule has 6 nitrogen and oxygen atoms in total. The minimum Gasteiger partial charge on any atom is -0.434 e. The van der Waals surface area contributed by atoms with E-state index in [0.29, 0.717) is 24.6 Å². The molecule has 3 aromatic rings. The summed E-state index contributed by atoms with van der Waals surface area (Å²) < 4.78 is 31.8. The summed E-state index contributed by atoms with van der Waals surface area (Å²) in [6.45, 7) is 1.61. The van der Waals surface area contributed by atoms with E-state index in [2.05, 4.69) is 36.0 Å². The third-order valence-corrected chi connectivity index (χ3v) is 4.34. The van der Waals surface area contributed by atoms with Gasteiger partial charge in [-0.15, -0.1) is 24.0 Å². The highest BCUT2D eigenvalue weighted by Gasteiger charge is 2.09. The Bertz CT molecular complexity index is 948. The molecule has 0 aliphatic heterocycles. The van der Waals surface area contributed by atoms with Gasteiger partial charge in [0.2, 0.25) is 0 Å². The highest BCUT2D eigenvalue weighted by molar-refractivity contribution is 14.0. The van der Waals surface area contributed by atoms with Crippen molar-refractivity contribution in [3.8, 4) is 5.75 Å². The number of nitrogens with one attached hydrogen (secondary N) is 2. The molecule has 1 heterocycles. The SMILES string of the molecule is CCNC(=NCc1ccccc1OC(F)F)NCCCn1cnc2ccccc21.I. The molecule has 0 aliphatic rings. The van der Waals surface area contributed by atoms with Crippen molar-refractivity contribution in [2.75, 3.05) is 13.1 Å². The minimum absolute atomic E-state index is 0. The van der Waals surface area contributed by atoms with Gasteiger partial charge in [-0.25, -0.2) is 9.98 Å². The Hall–Kier alpha value is -2.43. The van der Waals surface area contributed by atoms with Crippen LogP contribution < -0.4 is 15.4 Å².